The van der Waals surface area contributed by atoms with E-state index in [1.54, 1.807) is 49.4 Å². The van der Waals surface area contributed by atoms with E-state index in [1.165, 1.54) is 12.1 Å². The van der Waals surface area contributed by atoms with Crippen LogP contribution in [-0.2, 0) is 0 Å². The van der Waals surface area contributed by atoms with Crippen LogP contribution in [0, 0.1) is 6.92 Å². The van der Waals surface area contributed by atoms with Gasteiger partial charge in [0.1, 0.15) is 11.1 Å². The van der Waals surface area contributed by atoms with Crippen molar-refractivity contribution in [1.29, 1.82) is 0 Å². The molecule has 2 N–H and O–H groups in total. The first-order valence-corrected chi connectivity index (χ1v) is 7.95. The highest BCUT2D eigenvalue weighted by Crippen LogP contribution is 2.19. The number of fused-ring (bicyclic) bond motifs is 2. The lowest BCUT2D eigenvalue weighted by molar-refractivity contribution is 0.0957. The standard InChI is InChI=1S/C20H14N2O4/c1-11-8-12-6-7-14(21)10-16(12)22(18(11)23)19(24)15-9-13-4-2-3-5-17(13)26-20(15)25/h2-10H,21H2,1H3. The zero-order chi connectivity index (χ0) is 18.4. The second kappa shape index (κ2) is 5.70. The summed E-state index contributed by atoms with van der Waals surface area (Å²) in [5.41, 5.74) is 5.84. The first-order valence-electron chi connectivity index (χ1n) is 7.95. The number of anilines is 1. The Balaban J connectivity index is 2.05. The van der Waals surface area contributed by atoms with Crippen LogP contribution in [0.4, 0.5) is 5.69 Å². The molecule has 2 aromatic heterocycles. The highest BCUT2D eigenvalue weighted by Gasteiger charge is 2.20. The summed E-state index contributed by atoms with van der Waals surface area (Å²) in [6.45, 7) is 1.62. The van der Waals surface area contributed by atoms with E-state index in [0.717, 1.165) is 4.57 Å². The number of benzene rings is 2. The molecule has 4 aromatic rings. The van der Waals surface area contributed by atoms with Gasteiger partial charge in [-0.1, -0.05) is 24.3 Å². The summed E-state index contributed by atoms with van der Waals surface area (Å²) in [6.07, 6.45) is 0. The van der Waals surface area contributed by atoms with E-state index in [4.69, 9.17) is 10.2 Å². The summed E-state index contributed by atoms with van der Waals surface area (Å²) in [5, 5.41) is 1.27. The number of rotatable bonds is 1. The molecule has 0 spiro atoms. The fourth-order valence-electron chi connectivity index (χ4n) is 2.99. The lowest BCUT2D eigenvalue weighted by Gasteiger charge is -2.11. The monoisotopic (exact) mass is 346 g/mol. The molecule has 0 amide bonds. The Bertz CT molecular complexity index is 1320. The minimum absolute atomic E-state index is 0.208. The number of nitrogens with two attached hydrogens (primary N) is 1. The third-order valence-corrected chi connectivity index (χ3v) is 4.28. The summed E-state index contributed by atoms with van der Waals surface area (Å²) in [4.78, 5) is 38.0. The van der Waals surface area contributed by atoms with Gasteiger partial charge in [-0.15, -0.1) is 0 Å². The number of para-hydroxylation sites is 1. The molecule has 0 fully saturated rings. The quantitative estimate of drug-likeness (QED) is 0.422. The number of pyridine rings is 1. The highest BCUT2D eigenvalue weighted by molar-refractivity contribution is 6.03. The van der Waals surface area contributed by atoms with Gasteiger partial charge in [-0.25, -0.2) is 9.36 Å². The number of aromatic nitrogens is 1. The van der Waals surface area contributed by atoms with Crippen LogP contribution in [0.2, 0.25) is 0 Å². The van der Waals surface area contributed by atoms with E-state index in [1.807, 2.05) is 0 Å². The number of carbonyl (C=O) groups excluding carboxylic acids is 1. The molecular formula is C20H14N2O4. The molecule has 0 saturated carbocycles. The van der Waals surface area contributed by atoms with E-state index in [-0.39, 0.29) is 5.56 Å². The van der Waals surface area contributed by atoms with Gasteiger partial charge in [-0.3, -0.25) is 9.59 Å². The van der Waals surface area contributed by atoms with Gasteiger partial charge in [0.2, 0.25) is 0 Å². The third kappa shape index (κ3) is 2.39. The topological polar surface area (TPSA) is 95.3 Å². The largest absolute Gasteiger partial charge is 0.422 e. The van der Waals surface area contributed by atoms with Crippen LogP contribution in [0.5, 0.6) is 0 Å². The molecule has 0 aliphatic heterocycles. The van der Waals surface area contributed by atoms with E-state index >= 15 is 0 Å². The Kier molecular flexibility index (Phi) is 3.47. The molecule has 0 atom stereocenters. The summed E-state index contributed by atoms with van der Waals surface area (Å²) < 4.78 is 6.20. The first kappa shape index (κ1) is 15.8. The Morgan fingerprint density at radius 3 is 2.58 bits per heavy atom. The summed E-state index contributed by atoms with van der Waals surface area (Å²) in [6, 6.07) is 14.9. The fourth-order valence-corrected chi connectivity index (χ4v) is 2.99. The molecule has 2 heterocycles. The van der Waals surface area contributed by atoms with Crippen LogP contribution < -0.4 is 16.9 Å². The van der Waals surface area contributed by atoms with Gasteiger partial charge >= 0.3 is 5.63 Å². The van der Waals surface area contributed by atoms with Gasteiger partial charge in [-0.2, -0.15) is 0 Å². The number of hydrogen-bond acceptors (Lipinski definition) is 5. The zero-order valence-corrected chi connectivity index (χ0v) is 13.9. The molecule has 0 unspecified atom stereocenters. The molecule has 0 radical (unpaired) electrons. The SMILES string of the molecule is Cc1cc2ccc(N)cc2n(C(=O)c2cc3ccccc3oc2=O)c1=O. The molecule has 6 nitrogen and oxygen atoms in total. The molecule has 0 bridgehead atoms. The number of aryl methyl sites for hydroxylation is 1. The van der Waals surface area contributed by atoms with E-state index in [0.29, 0.717) is 33.1 Å². The highest BCUT2D eigenvalue weighted by atomic mass is 16.4. The second-order valence-electron chi connectivity index (χ2n) is 6.08. The maximum Gasteiger partial charge on any atom is 0.349 e. The van der Waals surface area contributed by atoms with Crippen molar-refractivity contribution >= 4 is 33.5 Å². The molecule has 0 aliphatic rings. The van der Waals surface area contributed by atoms with Crippen molar-refractivity contribution in [2.75, 3.05) is 5.73 Å². The van der Waals surface area contributed by atoms with Crippen LogP contribution in [0.25, 0.3) is 21.9 Å². The lowest BCUT2D eigenvalue weighted by Crippen LogP contribution is -2.32. The Hall–Kier alpha value is -3.67. The molecule has 4 rings (SSSR count). The first-order chi connectivity index (χ1) is 12.5. The van der Waals surface area contributed by atoms with Crippen molar-refractivity contribution in [3.8, 4) is 0 Å². The van der Waals surface area contributed by atoms with E-state index in [2.05, 4.69) is 0 Å². The average Bonchev–Trinajstić information content (AvgIpc) is 2.62. The number of carbonyl (C=O) groups is 1. The fraction of sp³-hybridized carbons (Fsp3) is 0.0500. The molecule has 26 heavy (non-hydrogen) atoms. The van der Waals surface area contributed by atoms with Crippen molar-refractivity contribution in [2.24, 2.45) is 0 Å². The van der Waals surface area contributed by atoms with Gasteiger partial charge in [0.25, 0.3) is 11.5 Å². The Morgan fingerprint density at radius 1 is 1.00 bits per heavy atom. The van der Waals surface area contributed by atoms with Crippen LogP contribution in [0.1, 0.15) is 15.9 Å². The number of nitrogens with zero attached hydrogens (tertiary/aromatic N) is 1. The molecule has 128 valence electrons. The molecule has 2 aromatic carbocycles. The normalized spacial score (nSPS) is 11.1. The third-order valence-electron chi connectivity index (χ3n) is 4.28. The maximum atomic E-state index is 13.1. The van der Waals surface area contributed by atoms with Crippen molar-refractivity contribution < 1.29 is 9.21 Å². The zero-order valence-electron chi connectivity index (χ0n) is 13.9. The number of hydrogen-bond donors (Lipinski definition) is 1. The maximum absolute atomic E-state index is 13.1. The van der Waals surface area contributed by atoms with Gasteiger partial charge in [-0.05, 0) is 42.6 Å². The van der Waals surface area contributed by atoms with Gasteiger partial charge in [0.05, 0.1) is 5.52 Å². The van der Waals surface area contributed by atoms with Gasteiger partial charge in [0, 0.05) is 16.6 Å². The van der Waals surface area contributed by atoms with E-state index < -0.39 is 17.1 Å². The molecule has 0 aliphatic carbocycles. The van der Waals surface area contributed by atoms with E-state index in [9.17, 15) is 14.4 Å². The molecular weight excluding hydrogens is 332 g/mol. The summed E-state index contributed by atoms with van der Waals surface area (Å²) >= 11 is 0. The predicted molar refractivity (Wildman–Crippen MR) is 99.6 cm³/mol. The van der Waals surface area contributed by atoms with Crippen molar-refractivity contribution in [1.82, 2.24) is 4.57 Å². The van der Waals surface area contributed by atoms with Crippen molar-refractivity contribution in [2.45, 2.75) is 6.92 Å². The van der Waals surface area contributed by atoms with Crippen molar-refractivity contribution in [3.63, 3.8) is 0 Å². The smallest absolute Gasteiger partial charge is 0.349 e. The van der Waals surface area contributed by atoms with Crippen LogP contribution >= 0.6 is 0 Å². The van der Waals surface area contributed by atoms with Crippen molar-refractivity contribution in [3.05, 3.63) is 86.5 Å². The van der Waals surface area contributed by atoms with Crippen LogP contribution in [0.3, 0.4) is 0 Å². The predicted octanol–water partition coefficient (Wildman–Crippen LogP) is 2.69. The summed E-state index contributed by atoms with van der Waals surface area (Å²) in [5.74, 6) is -0.742. The number of nitrogen functional groups attached to an aromatic ring is 1. The van der Waals surface area contributed by atoms with Crippen LogP contribution in [0.15, 0.2) is 68.6 Å². The molecule has 6 heteroatoms. The van der Waals surface area contributed by atoms with Gasteiger partial charge in [0.15, 0.2) is 0 Å². The Morgan fingerprint density at radius 2 is 1.77 bits per heavy atom. The minimum atomic E-state index is -0.792. The van der Waals surface area contributed by atoms with Gasteiger partial charge < -0.3 is 10.2 Å². The Labute approximate surface area is 147 Å². The lowest BCUT2D eigenvalue weighted by atomic mass is 10.1. The second-order valence-corrected chi connectivity index (χ2v) is 6.08. The summed E-state index contributed by atoms with van der Waals surface area (Å²) in [7, 11) is 0. The minimum Gasteiger partial charge on any atom is -0.422 e. The van der Waals surface area contributed by atoms with Crippen LogP contribution in [-0.4, -0.2) is 10.5 Å². The molecule has 0 saturated heterocycles. The average molecular weight is 346 g/mol.